The van der Waals surface area contributed by atoms with Crippen molar-refractivity contribution in [3.8, 4) is 0 Å². The molecule has 1 amide bonds. The number of nitrogens with one attached hydrogen (secondary N) is 1. The fourth-order valence-electron chi connectivity index (χ4n) is 3.69. The maximum Gasteiger partial charge on any atom is 0.249 e. The highest BCUT2D eigenvalue weighted by molar-refractivity contribution is 5.81. The molecule has 1 aromatic carbocycles. The molecule has 4 rings (SSSR count). The van der Waals surface area contributed by atoms with Crippen LogP contribution in [-0.4, -0.2) is 50.7 Å². The summed E-state index contributed by atoms with van der Waals surface area (Å²) in [6, 6.07) is 8.48. The number of amides is 1. The molecule has 2 aromatic rings. The van der Waals surface area contributed by atoms with Gasteiger partial charge in [0.1, 0.15) is 11.9 Å². The largest absolute Gasteiger partial charge is 0.383 e. The molecule has 1 atom stereocenters. The summed E-state index contributed by atoms with van der Waals surface area (Å²) in [7, 11) is 2.06. The number of likely N-dealkylation sites (tertiary alicyclic amines) is 1. The van der Waals surface area contributed by atoms with E-state index in [2.05, 4.69) is 27.9 Å². The fraction of sp³-hybridized carbons (Fsp3) is 0.579. The monoisotopic (exact) mass is 342 g/mol. The zero-order valence-electron chi connectivity index (χ0n) is 14.7. The fourth-order valence-corrected chi connectivity index (χ4v) is 3.69. The Morgan fingerprint density at radius 1 is 1.28 bits per heavy atom. The molecular formula is C19H26N4O2. The minimum Gasteiger partial charge on any atom is -0.383 e. The Balaban J connectivity index is 1.33. The first-order valence-corrected chi connectivity index (χ1v) is 9.23. The number of hydrogen-bond donors (Lipinski definition) is 2. The van der Waals surface area contributed by atoms with Gasteiger partial charge in [-0.25, -0.2) is 4.98 Å². The number of imidazole rings is 1. The van der Waals surface area contributed by atoms with Crippen LogP contribution in [0, 0.1) is 5.92 Å². The van der Waals surface area contributed by atoms with Gasteiger partial charge in [-0.15, -0.1) is 0 Å². The average molecular weight is 342 g/mol. The Labute approximate surface area is 147 Å². The van der Waals surface area contributed by atoms with Crippen molar-refractivity contribution >= 4 is 16.9 Å². The molecule has 1 aromatic heterocycles. The number of para-hydroxylation sites is 2. The quantitative estimate of drug-likeness (QED) is 0.862. The number of aromatic nitrogens is 2. The predicted molar refractivity (Wildman–Crippen MR) is 95.9 cm³/mol. The zero-order valence-corrected chi connectivity index (χ0v) is 14.7. The molecule has 2 fully saturated rings. The lowest BCUT2D eigenvalue weighted by Crippen LogP contribution is -2.45. The number of nitrogens with zero attached hydrogens (tertiary/aromatic N) is 3. The molecule has 6 nitrogen and oxygen atoms in total. The number of hydrogen-bond acceptors (Lipinski definition) is 4. The number of fused-ring (bicyclic) bond motifs is 1. The van der Waals surface area contributed by atoms with Gasteiger partial charge in [0, 0.05) is 13.1 Å². The zero-order chi connectivity index (χ0) is 17.4. The smallest absolute Gasteiger partial charge is 0.249 e. The Bertz CT molecular complexity index is 760. The standard InChI is InChI=1S/C19H26N4O2/c1-22-16-5-3-2-4-15(16)21-17(22)12-23-10-8-13(9-11-23)18(24)19(25)20-14-6-7-14/h2-5,13-14,18,24H,6-12H2,1H3,(H,20,25). The first-order valence-electron chi connectivity index (χ1n) is 9.23. The number of rotatable bonds is 5. The molecule has 2 aliphatic rings. The van der Waals surface area contributed by atoms with Crippen LogP contribution < -0.4 is 5.32 Å². The summed E-state index contributed by atoms with van der Waals surface area (Å²) in [4.78, 5) is 19.1. The summed E-state index contributed by atoms with van der Waals surface area (Å²) < 4.78 is 2.15. The predicted octanol–water partition coefficient (Wildman–Crippen LogP) is 1.42. The van der Waals surface area contributed by atoms with Crippen LogP contribution in [0.4, 0.5) is 0 Å². The van der Waals surface area contributed by atoms with Gasteiger partial charge in [0.05, 0.1) is 17.6 Å². The van der Waals surface area contributed by atoms with Gasteiger partial charge >= 0.3 is 0 Å². The highest BCUT2D eigenvalue weighted by Gasteiger charge is 2.33. The molecule has 1 aliphatic carbocycles. The maximum atomic E-state index is 12.0. The van der Waals surface area contributed by atoms with E-state index in [4.69, 9.17) is 4.98 Å². The van der Waals surface area contributed by atoms with Crippen LogP contribution >= 0.6 is 0 Å². The number of aliphatic hydroxyl groups is 1. The number of benzene rings is 1. The van der Waals surface area contributed by atoms with E-state index in [9.17, 15) is 9.90 Å². The van der Waals surface area contributed by atoms with Crippen LogP contribution in [0.15, 0.2) is 24.3 Å². The van der Waals surface area contributed by atoms with Crippen molar-refractivity contribution in [3.63, 3.8) is 0 Å². The normalized spacial score (nSPS) is 20.7. The van der Waals surface area contributed by atoms with Crippen molar-refractivity contribution < 1.29 is 9.90 Å². The van der Waals surface area contributed by atoms with E-state index < -0.39 is 6.10 Å². The molecule has 1 unspecified atom stereocenters. The van der Waals surface area contributed by atoms with Gasteiger partial charge in [-0.3, -0.25) is 9.69 Å². The van der Waals surface area contributed by atoms with Gasteiger partial charge < -0.3 is 15.0 Å². The van der Waals surface area contributed by atoms with Gasteiger partial charge in [-0.05, 0) is 56.8 Å². The second-order valence-electron chi connectivity index (χ2n) is 7.42. The number of aliphatic hydroxyl groups excluding tert-OH is 1. The van der Waals surface area contributed by atoms with Gasteiger partial charge in [0.15, 0.2) is 0 Å². The molecule has 1 saturated carbocycles. The lowest BCUT2D eigenvalue weighted by Gasteiger charge is -2.33. The van der Waals surface area contributed by atoms with Gasteiger partial charge in [0.2, 0.25) is 5.91 Å². The van der Waals surface area contributed by atoms with E-state index in [0.29, 0.717) is 6.04 Å². The summed E-state index contributed by atoms with van der Waals surface area (Å²) in [5.41, 5.74) is 2.18. The third-order valence-electron chi connectivity index (χ3n) is 5.52. The van der Waals surface area contributed by atoms with Crippen LogP contribution in [0.2, 0.25) is 0 Å². The molecule has 6 heteroatoms. The molecule has 2 heterocycles. The first kappa shape index (κ1) is 16.5. The molecule has 2 N–H and O–H groups in total. The lowest BCUT2D eigenvalue weighted by molar-refractivity contribution is -0.133. The number of aryl methyl sites for hydroxylation is 1. The Hall–Kier alpha value is -1.92. The van der Waals surface area contributed by atoms with Gasteiger partial charge in [-0.2, -0.15) is 0 Å². The van der Waals surface area contributed by atoms with E-state index >= 15 is 0 Å². The minimum absolute atomic E-state index is 0.0652. The maximum absolute atomic E-state index is 12.0. The number of piperidine rings is 1. The van der Waals surface area contributed by atoms with Gasteiger partial charge in [-0.1, -0.05) is 12.1 Å². The van der Waals surface area contributed by atoms with Crippen LogP contribution in [-0.2, 0) is 18.4 Å². The Morgan fingerprint density at radius 3 is 2.68 bits per heavy atom. The summed E-state index contributed by atoms with van der Waals surface area (Å²) in [6.07, 6.45) is 2.94. The van der Waals surface area contributed by atoms with Crippen molar-refractivity contribution in [2.24, 2.45) is 13.0 Å². The Morgan fingerprint density at radius 2 is 2.00 bits per heavy atom. The van der Waals surface area contributed by atoms with Crippen molar-refractivity contribution in [3.05, 3.63) is 30.1 Å². The topological polar surface area (TPSA) is 70.4 Å². The van der Waals surface area contributed by atoms with Gasteiger partial charge in [0.25, 0.3) is 0 Å². The SMILES string of the molecule is Cn1c(CN2CCC(C(O)C(=O)NC3CC3)CC2)nc2ccccc21. The van der Waals surface area contributed by atoms with E-state index in [-0.39, 0.29) is 11.8 Å². The number of carbonyl (C=O) groups excluding carboxylic acids is 1. The average Bonchev–Trinajstić information content (AvgIpc) is 3.39. The number of carbonyl (C=O) groups is 1. The molecule has 0 spiro atoms. The van der Waals surface area contributed by atoms with Crippen molar-refractivity contribution in [2.75, 3.05) is 13.1 Å². The highest BCUT2D eigenvalue weighted by atomic mass is 16.3. The van der Waals surface area contributed by atoms with Crippen molar-refractivity contribution in [1.29, 1.82) is 0 Å². The van der Waals surface area contributed by atoms with Crippen LogP contribution in [0.3, 0.4) is 0 Å². The lowest BCUT2D eigenvalue weighted by atomic mass is 9.90. The first-order chi connectivity index (χ1) is 12.1. The van der Waals surface area contributed by atoms with Crippen LogP contribution in [0.25, 0.3) is 11.0 Å². The summed E-state index contributed by atoms with van der Waals surface area (Å²) in [5.74, 6) is 0.943. The molecular weight excluding hydrogens is 316 g/mol. The third kappa shape index (κ3) is 3.55. The molecule has 1 aliphatic heterocycles. The van der Waals surface area contributed by atoms with Crippen molar-refractivity contribution in [2.45, 2.75) is 44.4 Å². The second kappa shape index (κ2) is 6.77. The van der Waals surface area contributed by atoms with E-state index in [1.165, 1.54) is 0 Å². The molecule has 1 saturated heterocycles. The van der Waals surface area contributed by atoms with Crippen LogP contribution in [0.5, 0.6) is 0 Å². The summed E-state index contributed by atoms with van der Waals surface area (Å²) >= 11 is 0. The molecule has 25 heavy (non-hydrogen) atoms. The summed E-state index contributed by atoms with van der Waals surface area (Å²) in [6.45, 7) is 2.59. The van der Waals surface area contributed by atoms with E-state index in [1.807, 2.05) is 18.2 Å². The second-order valence-corrected chi connectivity index (χ2v) is 7.42. The van der Waals surface area contributed by atoms with E-state index in [1.54, 1.807) is 0 Å². The minimum atomic E-state index is -0.863. The molecule has 134 valence electrons. The van der Waals surface area contributed by atoms with Crippen molar-refractivity contribution in [1.82, 2.24) is 19.8 Å². The molecule has 0 bridgehead atoms. The third-order valence-corrected chi connectivity index (χ3v) is 5.52. The highest BCUT2D eigenvalue weighted by Crippen LogP contribution is 2.25. The van der Waals surface area contributed by atoms with E-state index in [0.717, 1.165) is 62.2 Å². The summed E-state index contributed by atoms with van der Waals surface area (Å²) in [5, 5.41) is 13.2. The molecule has 0 radical (unpaired) electrons. The Kier molecular flexibility index (Phi) is 4.48. The van der Waals surface area contributed by atoms with Crippen LogP contribution in [0.1, 0.15) is 31.5 Å².